The van der Waals surface area contributed by atoms with Crippen LogP contribution in [0.5, 0.6) is 0 Å². The number of hydrogen-bond donors (Lipinski definition) is 2. The predicted molar refractivity (Wildman–Crippen MR) is 77.7 cm³/mol. The summed E-state index contributed by atoms with van der Waals surface area (Å²) >= 11 is 11.8. The van der Waals surface area contributed by atoms with Gasteiger partial charge in [-0.2, -0.15) is 0 Å². The molecule has 1 aromatic rings. The number of rotatable bonds is 4. The summed E-state index contributed by atoms with van der Waals surface area (Å²) in [5.74, 6) is -0.261. The Hall–Kier alpha value is -0.970. The average Bonchev–Trinajstić information content (AvgIpc) is 2.27. The van der Waals surface area contributed by atoms with Gasteiger partial charge in [0.2, 0.25) is 0 Å². The Kier molecular flexibility index (Phi) is 4.55. The van der Waals surface area contributed by atoms with Crippen LogP contribution in [0.15, 0.2) is 12.1 Å². The summed E-state index contributed by atoms with van der Waals surface area (Å²) in [7, 11) is 0. The first-order valence-electron chi connectivity index (χ1n) is 6.18. The van der Waals surface area contributed by atoms with Gasteiger partial charge in [0.25, 0.3) is 5.91 Å². The molecule has 1 aromatic carbocycles. The van der Waals surface area contributed by atoms with Crippen molar-refractivity contribution in [1.82, 2.24) is 0 Å². The van der Waals surface area contributed by atoms with Crippen LogP contribution >= 0.6 is 23.2 Å². The summed E-state index contributed by atoms with van der Waals surface area (Å²) in [6, 6.07) is 3.08. The highest BCUT2D eigenvalue weighted by Crippen LogP contribution is 2.32. The predicted octanol–water partition coefficient (Wildman–Crippen LogP) is 3.47. The lowest BCUT2D eigenvalue weighted by Gasteiger charge is -2.28. The number of nitrogens with two attached hydrogens (primary N) is 1. The second-order valence-corrected chi connectivity index (χ2v) is 5.52. The maximum atomic E-state index is 12.0. The minimum atomic E-state index is -0.531. The number of anilines is 2. The van der Waals surface area contributed by atoms with E-state index in [1.54, 1.807) is 13.0 Å². The molecule has 3 N–H and O–H groups in total. The number of carbonyl (C=O) groups excluding carboxylic acids is 1. The minimum absolute atomic E-state index is 0.193. The van der Waals surface area contributed by atoms with E-state index in [1.807, 2.05) is 0 Å². The number of nitrogen functional groups attached to an aromatic ring is 1. The number of nitrogens with one attached hydrogen (secondary N) is 1. The van der Waals surface area contributed by atoms with Gasteiger partial charge in [0.1, 0.15) is 6.10 Å². The van der Waals surface area contributed by atoms with Gasteiger partial charge < -0.3 is 15.8 Å². The van der Waals surface area contributed by atoms with Gasteiger partial charge in [0.05, 0.1) is 22.5 Å². The Bertz CT molecular complexity index is 467. The second kappa shape index (κ2) is 5.99. The van der Waals surface area contributed by atoms with Gasteiger partial charge in [-0.3, -0.25) is 4.79 Å². The van der Waals surface area contributed by atoms with Gasteiger partial charge >= 0.3 is 0 Å². The molecule has 104 valence electrons. The molecular weight excluding hydrogens is 287 g/mol. The third-order valence-electron chi connectivity index (χ3n) is 3.15. The number of carbonyl (C=O) groups is 1. The zero-order valence-electron chi connectivity index (χ0n) is 10.6. The SMILES string of the molecule is CC(OC1CCC1)C(=O)Nc1c(N)cc(Cl)cc1Cl. The van der Waals surface area contributed by atoms with Crippen LogP contribution in [-0.4, -0.2) is 18.1 Å². The van der Waals surface area contributed by atoms with Crippen molar-refractivity contribution in [1.29, 1.82) is 0 Å². The number of amides is 1. The molecule has 1 unspecified atom stereocenters. The number of halogens is 2. The summed E-state index contributed by atoms with van der Waals surface area (Å²) in [5.41, 5.74) is 6.49. The smallest absolute Gasteiger partial charge is 0.253 e. The van der Waals surface area contributed by atoms with E-state index in [0.29, 0.717) is 21.4 Å². The molecule has 1 fully saturated rings. The molecule has 0 heterocycles. The molecule has 1 aliphatic rings. The van der Waals surface area contributed by atoms with Crippen molar-refractivity contribution >= 4 is 40.5 Å². The fourth-order valence-corrected chi connectivity index (χ4v) is 2.36. The Morgan fingerprint density at radius 2 is 2.16 bits per heavy atom. The molecule has 0 radical (unpaired) electrons. The summed E-state index contributed by atoms with van der Waals surface area (Å²) < 4.78 is 5.60. The highest BCUT2D eigenvalue weighted by molar-refractivity contribution is 6.37. The van der Waals surface area contributed by atoms with Crippen LogP contribution in [-0.2, 0) is 9.53 Å². The van der Waals surface area contributed by atoms with Crippen molar-refractivity contribution in [2.24, 2.45) is 0 Å². The number of ether oxygens (including phenoxy) is 1. The van der Waals surface area contributed by atoms with Crippen LogP contribution in [0.25, 0.3) is 0 Å². The van der Waals surface area contributed by atoms with Crippen LogP contribution in [0.1, 0.15) is 26.2 Å². The van der Waals surface area contributed by atoms with E-state index in [2.05, 4.69) is 5.32 Å². The van der Waals surface area contributed by atoms with E-state index in [-0.39, 0.29) is 12.0 Å². The molecule has 0 spiro atoms. The Morgan fingerprint density at radius 3 is 2.68 bits per heavy atom. The van der Waals surface area contributed by atoms with Crippen molar-refractivity contribution in [2.45, 2.75) is 38.4 Å². The van der Waals surface area contributed by atoms with Crippen molar-refractivity contribution in [3.63, 3.8) is 0 Å². The molecule has 0 saturated heterocycles. The highest BCUT2D eigenvalue weighted by Gasteiger charge is 2.24. The maximum absolute atomic E-state index is 12.0. The van der Waals surface area contributed by atoms with Gasteiger partial charge in [-0.05, 0) is 38.3 Å². The van der Waals surface area contributed by atoms with E-state index in [0.717, 1.165) is 19.3 Å². The number of benzene rings is 1. The molecule has 0 aromatic heterocycles. The van der Waals surface area contributed by atoms with Gasteiger partial charge in [0.15, 0.2) is 0 Å². The van der Waals surface area contributed by atoms with Crippen LogP contribution in [0.4, 0.5) is 11.4 Å². The molecule has 1 amide bonds. The molecule has 6 heteroatoms. The molecular formula is C13H16Cl2N2O2. The molecule has 1 saturated carbocycles. The summed E-state index contributed by atoms with van der Waals surface area (Å²) in [4.78, 5) is 12.0. The van der Waals surface area contributed by atoms with Gasteiger partial charge in [-0.1, -0.05) is 23.2 Å². The molecule has 1 aliphatic carbocycles. The van der Waals surface area contributed by atoms with Crippen LogP contribution in [0.2, 0.25) is 10.0 Å². The quantitative estimate of drug-likeness (QED) is 0.837. The fraction of sp³-hybridized carbons (Fsp3) is 0.462. The third kappa shape index (κ3) is 3.53. The lowest BCUT2D eigenvalue weighted by molar-refractivity contribution is -0.133. The van der Waals surface area contributed by atoms with Gasteiger partial charge in [0, 0.05) is 5.02 Å². The van der Waals surface area contributed by atoms with Crippen molar-refractivity contribution < 1.29 is 9.53 Å². The standard InChI is InChI=1S/C13H16Cl2N2O2/c1-7(19-9-3-2-4-9)13(18)17-12-10(15)5-8(14)6-11(12)16/h5-7,9H,2-4,16H2,1H3,(H,17,18). The molecule has 0 bridgehead atoms. The lowest BCUT2D eigenvalue weighted by Crippen LogP contribution is -2.34. The topological polar surface area (TPSA) is 64.3 Å². The highest BCUT2D eigenvalue weighted by atomic mass is 35.5. The maximum Gasteiger partial charge on any atom is 0.253 e. The zero-order chi connectivity index (χ0) is 14.0. The lowest BCUT2D eigenvalue weighted by atomic mass is 9.96. The summed E-state index contributed by atoms with van der Waals surface area (Å²) in [5, 5.41) is 3.42. The van der Waals surface area contributed by atoms with E-state index >= 15 is 0 Å². The van der Waals surface area contributed by atoms with Crippen molar-refractivity contribution in [2.75, 3.05) is 11.1 Å². The van der Waals surface area contributed by atoms with E-state index in [1.165, 1.54) is 6.07 Å². The van der Waals surface area contributed by atoms with E-state index in [4.69, 9.17) is 33.7 Å². The van der Waals surface area contributed by atoms with Gasteiger partial charge in [-0.15, -0.1) is 0 Å². The largest absolute Gasteiger partial charge is 0.397 e. The number of hydrogen-bond acceptors (Lipinski definition) is 3. The molecule has 4 nitrogen and oxygen atoms in total. The molecule has 1 atom stereocenters. The third-order valence-corrected chi connectivity index (χ3v) is 3.67. The second-order valence-electron chi connectivity index (χ2n) is 4.67. The first-order valence-corrected chi connectivity index (χ1v) is 6.94. The average molecular weight is 303 g/mol. The molecule has 0 aliphatic heterocycles. The van der Waals surface area contributed by atoms with E-state index in [9.17, 15) is 4.79 Å². The van der Waals surface area contributed by atoms with Crippen LogP contribution in [0, 0.1) is 0 Å². The molecule has 2 rings (SSSR count). The summed E-state index contributed by atoms with van der Waals surface area (Å²) in [6.45, 7) is 1.72. The Balaban J connectivity index is 2.01. The first kappa shape index (κ1) is 14.4. The summed E-state index contributed by atoms with van der Waals surface area (Å²) in [6.07, 6.45) is 2.85. The Labute approximate surface area is 122 Å². The Morgan fingerprint density at radius 1 is 1.47 bits per heavy atom. The normalized spacial score (nSPS) is 16.8. The van der Waals surface area contributed by atoms with Crippen molar-refractivity contribution in [3.8, 4) is 0 Å². The molecule has 19 heavy (non-hydrogen) atoms. The monoisotopic (exact) mass is 302 g/mol. The van der Waals surface area contributed by atoms with Crippen LogP contribution < -0.4 is 11.1 Å². The van der Waals surface area contributed by atoms with Crippen molar-refractivity contribution in [3.05, 3.63) is 22.2 Å². The zero-order valence-corrected chi connectivity index (χ0v) is 12.1. The van der Waals surface area contributed by atoms with Gasteiger partial charge in [-0.25, -0.2) is 0 Å². The fourth-order valence-electron chi connectivity index (χ4n) is 1.81. The van der Waals surface area contributed by atoms with E-state index < -0.39 is 6.10 Å². The first-order chi connectivity index (χ1) is 8.97. The minimum Gasteiger partial charge on any atom is -0.397 e. The van der Waals surface area contributed by atoms with Crippen LogP contribution in [0.3, 0.4) is 0 Å².